The third-order valence-electron chi connectivity index (χ3n) is 3.96. The van der Waals surface area contributed by atoms with Gasteiger partial charge in [0.2, 0.25) is 10.0 Å². The summed E-state index contributed by atoms with van der Waals surface area (Å²) in [6, 6.07) is 20.8. The van der Waals surface area contributed by atoms with Gasteiger partial charge in [-0.3, -0.25) is 0 Å². The lowest BCUT2D eigenvalue weighted by molar-refractivity contribution is 0.569. The number of sulfonamides is 1. The van der Waals surface area contributed by atoms with Crippen LogP contribution in [0.2, 0.25) is 0 Å². The molecule has 0 amide bonds. The minimum Gasteiger partial charge on any atom is -0.207 e. The quantitative estimate of drug-likeness (QED) is 0.455. The maximum atomic E-state index is 12.6. The molecule has 0 radical (unpaired) electrons. The monoisotopic (exact) mass is 451 g/mol. The van der Waals surface area contributed by atoms with Crippen LogP contribution in [0.5, 0.6) is 0 Å². The molecule has 0 heterocycles. The van der Waals surface area contributed by atoms with Crippen LogP contribution in [-0.4, -0.2) is 12.8 Å². The maximum Gasteiger partial charge on any atom is 0.241 e. The van der Waals surface area contributed by atoms with Gasteiger partial charge in [0.25, 0.3) is 0 Å². The normalized spacial score (nSPS) is 13.1. The summed E-state index contributed by atoms with van der Waals surface area (Å²) in [7, 11) is -3.54. The van der Waals surface area contributed by atoms with Crippen molar-refractivity contribution in [2.45, 2.75) is 17.9 Å². The molecule has 124 valence electrons. The molecule has 3 nitrogen and oxygen atoms in total. The molecule has 0 aliphatic rings. The molecule has 0 bridgehead atoms. The van der Waals surface area contributed by atoms with Gasteiger partial charge in [-0.05, 0) is 41.5 Å². The van der Waals surface area contributed by atoms with Crippen LogP contribution in [0.4, 0.5) is 0 Å². The highest BCUT2D eigenvalue weighted by molar-refractivity contribution is 14.1. The van der Waals surface area contributed by atoms with Crippen LogP contribution < -0.4 is 4.72 Å². The number of alkyl halides is 1. The summed E-state index contributed by atoms with van der Waals surface area (Å²) < 4.78 is 28.7. The van der Waals surface area contributed by atoms with Crippen LogP contribution in [0.25, 0.3) is 10.8 Å². The van der Waals surface area contributed by atoms with E-state index in [1.54, 1.807) is 12.1 Å². The van der Waals surface area contributed by atoms with Crippen molar-refractivity contribution in [2.75, 3.05) is 4.43 Å². The van der Waals surface area contributed by atoms with Crippen LogP contribution in [0.1, 0.15) is 17.2 Å². The smallest absolute Gasteiger partial charge is 0.207 e. The van der Waals surface area contributed by atoms with Gasteiger partial charge in [-0.15, -0.1) is 0 Å². The van der Waals surface area contributed by atoms with E-state index in [-0.39, 0.29) is 6.04 Å². The topological polar surface area (TPSA) is 46.2 Å². The molecule has 3 rings (SSSR count). The number of hydrogen-bond acceptors (Lipinski definition) is 2. The molecule has 1 N–H and O–H groups in total. The fourth-order valence-electron chi connectivity index (χ4n) is 2.59. The number of nitrogens with one attached hydrogen (secondary N) is 1. The summed E-state index contributed by atoms with van der Waals surface area (Å²) in [6.07, 6.45) is 0. The van der Waals surface area contributed by atoms with Crippen molar-refractivity contribution >= 4 is 43.4 Å². The second-order valence-electron chi connectivity index (χ2n) is 5.75. The van der Waals surface area contributed by atoms with Gasteiger partial charge in [0, 0.05) is 4.43 Å². The second-order valence-corrected chi connectivity index (χ2v) is 8.34. The zero-order valence-electron chi connectivity index (χ0n) is 13.2. The van der Waals surface area contributed by atoms with Crippen LogP contribution >= 0.6 is 22.6 Å². The van der Waals surface area contributed by atoms with Gasteiger partial charge in [0.15, 0.2) is 0 Å². The minimum absolute atomic E-state index is 0.262. The first-order valence-corrected chi connectivity index (χ1v) is 10.6. The number of rotatable bonds is 5. The Balaban J connectivity index is 1.91. The van der Waals surface area contributed by atoms with E-state index < -0.39 is 10.0 Å². The van der Waals surface area contributed by atoms with E-state index in [1.807, 2.05) is 49.4 Å². The zero-order chi connectivity index (χ0) is 17.2. The average molecular weight is 451 g/mol. The van der Waals surface area contributed by atoms with Crippen LogP contribution in [0.3, 0.4) is 0 Å². The van der Waals surface area contributed by atoms with Gasteiger partial charge >= 0.3 is 0 Å². The summed E-state index contributed by atoms with van der Waals surface area (Å²) in [5, 5.41) is 2.26. The number of aryl methyl sites for hydroxylation is 1. The molecule has 0 aromatic heterocycles. The summed E-state index contributed by atoms with van der Waals surface area (Å²) in [6.45, 7) is 1.94. The number of hydrogen-bond donors (Lipinski definition) is 1. The summed E-state index contributed by atoms with van der Waals surface area (Å²) >= 11 is 2.21. The summed E-state index contributed by atoms with van der Waals surface area (Å²) in [5.41, 5.74) is 2.01. The molecule has 3 aromatic rings. The molecule has 0 spiro atoms. The molecule has 0 saturated heterocycles. The predicted octanol–water partition coefficient (Wildman–Crippen LogP) is 4.60. The molecule has 5 heteroatoms. The Bertz CT molecular complexity index is 953. The van der Waals surface area contributed by atoms with Crippen molar-refractivity contribution in [3.8, 4) is 0 Å². The first kappa shape index (κ1) is 17.4. The Hall–Kier alpha value is -1.44. The van der Waals surface area contributed by atoms with Crippen LogP contribution in [0.15, 0.2) is 71.6 Å². The van der Waals surface area contributed by atoms with E-state index in [2.05, 4.69) is 39.4 Å². The lowest BCUT2D eigenvalue weighted by Crippen LogP contribution is -2.29. The van der Waals surface area contributed by atoms with Crippen molar-refractivity contribution in [3.05, 3.63) is 77.9 Å². The summed E-state index contributed by atoms with van der Waals surface area (Å²) in [5.74, 6) is 0. The van der Waals surface area contributed by atoms with Gasteiger partial charge in [-0.25, -0.2) is 13.1 Å². The largest absolute Gasteiger partial charge is 0.241 e. The molecular formula is C19H18INO2S. The van der Waals surface area contributed by atoms with Crippen molar-refractivity contribution in [3.63, 3.8) is 0 Å². The highest BCUT2D eigenvalue weighted by atomic mass is 127. The lowest BCUT2D eigenvalue weighted by atomic mass is 10.0. The van der Waals surface area contributed by atoms with Gasteiger partial charge in [-0.2, -0.15) is 0 Å². The SMILES string of the molecule is Cc1ccc(S(=O)(=O)N[C@H](CI)c2ccc3ccccc3c2)cc1. The van der Waals surface area contributed by atoms with Crippen molar-refractivity contribution < 1.29 is 8.42 Å². The van der Waals surface area contributed by atoms with Crippen molar-refractivity contribution in [1.82, 2.24) is 4.72 Å². The maximum absolute atomic E-state index is 12.6. The van der Waals surface area contributed by atoms with E-state index in [4.69, 9.17) is 0 Å². The average Bonchev–Trinajstić information content (AvgIpc) is 2.59. The first-order valence-electron chi connectivity index (χ1n) is 7.63. The molecular weight excluding hydrogens is 433 g/mol. The molecule has 0 saturated carbocycles. The second kappa shape index (κ2) is 7.21. The fraction of sp³-hybridized carbons (Fsp3) is 0.158. The highest BCUT2D eigenvalue weighted by Gasteiger charge is 2.20. The van der Waals surface area contributed by atoms with Crippen molar-refractivity contribution in [1.29, 1.82) is 0 Å². The molecule has 0 unspecified atom stereocenters. The molecule has 1 atom stereocenters. The Morgan fingerprint density at radius 1 is 0.958 bits per heavy atom. The molecule has 3 aromatic carbocycles. The Labute approximate surface area is 156 Å². The Morgan fingerprint density at radius 3 is 2.29 bits per heavy atom. The Morgan fingerprint density at radius 2 is 1.62 bits per heavy atom. The third-order valence-corrected chi connectivity index (χ3v) is 6.33. The molecule has 0 aliphatic heterocycles. The van der Waals surface area contributed by atoms with Gasteiger partial charge in [0.1, 0.15) is 0 Å². The zero-order valence-corrected chi connectivity index (χ0v) is 16.2. The third kappa shape index (κ3) is 3.79. The molecule has 0 aliphatic carbocycles. The van der Waals surface area contributed by atoms with Gasteiger partial charge < -0.3 is 0 Å². The highest BCUT2D eigenvalue weighted by Crippen LogP contribution is 2.24. The minimum atomic E-state index is -3.54. The van der Waals surface area contributed by atoms with Crippen molar-refractivity contribution in [2.24, 2.45) is 0 Å². The first-order chi connectivity index (χ1) is 11.5. The van der Waals surface area contributed by atoms with Gasteiger partial charge in [-0.1, -0.05) is 76.7 Å². The van der Waals surface area contributed by atoms with E-state index in [9.17, 15) is 8.42 Å². The van der Waals surface area contributed by atoms with E-state index in [0.717, 1.165) is 21.9 Å². The number of halogens is 1. The van der Waals surface area contributed by atoms with E-state index in [1.165, 1.54) is 0 Å². The van der Waals surface area contributed by atoms with E-state index >= 15 is 0 Å². The lowest BCUT2D eigenvalue weighted by Gasteiger charge is -2.17. The van der Waals surface area contributed by atoms with E-state index in [0.29, 0.717) is 9.32 Å². The number of benzene rings is 3. The van der Waals surface area contributed by atoms with Crippen LogP contribution in [-0.2, 0) is 10.0 Å². The Kier molecular flexibility index (Phi) is 5.22. The number of fused-ring (bicyclic) bond motifs is 1. The summed E-state index contributed by atoms with van der Waals surface area (Å²) in [4.78, 5) is 0.295. The van der Waals surface area contributed by atoms with Gasteiger partial charge in [0.05, 0.1) is 10.9 Å². The van der Waals surface area contributed by atoms with Crippen LogP contribution in [0, 0.1) is 6.92 Å². The predicted molar refractivity (Wildman–Crippen MR) is 107 cm³/mol. The fourth-order valence-corrected chi connectivity index (χ4v) is 4.84. The molecule has 24 heavy (non-hydrogen) atoms. The molecule has 0 fully saturated rings. The standard InChI is InChI=1S/C19H18INO2S/c1-14-6-10-18(11-7-14)24(22,23)21-19(13-20)17-9-8-15-4-2-3-5-16(15)12-17/h2-12,19,21H,13H2,1H3/t19-/m1/s1.